The number of nitrogens with zero attached hydrogens (tertiary/aromatic N) is 3. The molecule has 0 aliphatic carbocycles. The van der Waals surface area contributed by atoms with Crippen LogP contribution < -0.4 is 0 Å². The van der Waals surface area contributed by atoms with Crippen molar-refractivity contribution in [2.24, 2.45) is 0 Å². The Morgan fingerprint density at radius 1 is 1.21 bits per heavy atom. The molecule has 1 unspecified atom stereocenters. The van der Waals surface area contributed by atoms with E-state index in [1.807, 2.05) is 4.90 Å². The highest BCUT2D eigenvalue weighted by Crippen LogP contribution is 2.20. The highest BCUT2D eigenvalue weighted by Gasteiger charge is 2.29. The third kappa shape index (κ3) is 5.68. The van der Waals surface area contributed by atoms with Crippen LogP contribution in [0.25, 0.3) is 0 Å². The van der Waals surface area contributed by atoms with Crippen molar-refractivity contribution < 1.29 is 17.9 Å². The van der Waals surface area contributed by atoms with Gasteiger partial charge in [0.05, 0.1) is 26.0 Å². The van der Waals surface area contributed by atoms with Crippen molar-refractivity contribution in [3.8, 4) is 0 Å². The number of ether oxygens (including phenoxy) is 1. The third-order valence-electron chi connectivity index (χ3n) is 4.97. The molecule has 2 rings (SSSR count). The monoisotopic (exact) mass is 361 g/mol. The number of carbonyl (C=O) groups is 1. The van der Waals surface area contributed by atoms with Crippen LogP contribution in [0.4, 0.5) is 0 Å². The lowest BCUT2D eigenvalue weighted by molar-refractivity contribution is -0.135. The number of likely N-dealkylation sites (tertiary alicyclic amines) is 1. The molecule has 0 aromatic heterocycles. The molecule has 2 saturated heterocycles. The molecule has 0 aromatic carbocycles. The molecule has 8 heteroatoms. The van der Waals surface area contributed by atoms with Gasteiger partial charge in [0, 0.05) is 38.8 Å². The standard InChI is InChI=1S/C16H31N3O4S/c1-3-15-6-4-5-7-19(15)16(20)14-18(24(2,21)22)9-8-17-10-12-23-13-11-17/h15H,3-14H2,1-2H3. The summed E-state index contributed by atoms with van der Waals surface area (Å²) in [5, 5.41) is 0. The van der Waals surface area contributed by atoms with Gasteiger partial charge in [-0.1, -0.05) is 6.92 Å². The minimum atomic E-state index is -3.40. The second-order valence-electron chi connectivity index (χ2n) is 6.70. The van der Waals surface area contributed by atoms with Crippen molar-refractivity contribution in [1.82, 2.24) is 14.1 Å². The summed E-state index contributed by atoms with van der Waals surface area (Å²) in [4.78, 5) is 16.7. The van der Waals surface area contributed by atoms with E-state index in [9.17, 15) is 13.2 Å². The Bertz CT molecular complexity index is 505. The topological polar surface area (TPSA) is 70.2 Å². The molecule has 1 atom stereocenters. The van der Waals surface area contributed by atoms with Gasteiger partial charge < -0.3 is 9.64 Å². The van der Waals surface area contributed by atoms with E-state index in [-0.39, 0.29) is 18.5 Å². The molecular weight excluding hydrogens is 330 g/mol. The van der Waals surface area contributed by atoms with E-state index < -0.39 is 10.0 Å². The maximum Gasteiger partial charge on any atom is 0.238 e. The van der Waals surface area contributed by atoms with Gasteiger partial charge in [0.25, 0.3) is 0 Å². The molecule has 2 heterocycles. The molecule has 0 radical (unpaired) electrons. The highest BCUT2D eigenvalue weighted by atomic mass is 32.2. The summed E-state index contributed by atoms with van der Waals surface area (Å²) in [6.07, 6.45) is 5.30. The summed E-state index contributed by atoms with van der Waals surface area (Å²) < 4.78 is 30.8. The Morgan fingerprint density at radius 3 is 2.54 bits per heavy atom. The molecule has 0 aromatic rings. The van der Waals surface area contributed by atoms with E-state index in [4.69, 9.17) is 4.74 Å². The zero-order valence-corrected chi connectivity index (χ0v) is 15.8. The van der Waals surface area contributed by atoms with Crippen LogP contribution in [-0.4, -0.2) is 93.2 Å². The first-order chi connectivity index (χ1) is 11.4. The number of amides is 1. The van der Waals surface area contributed by atoms with Crippen LogP contribution in [0.2, 0.25) is 0 Å². The van der Waals surface area contributed by atoms with E-state index in [2.05, 4.69) is 11.8 Å². The van der Waals surface area contributed by atoms with Gasteiger partial charge in [-0.2, -0.15) is 4.31 Å². The third-order valence-corrected chi connectivity index (χ3v) is 6.22. The Labute approximate surface area is 146 Å². The van der Waals surface area contributed by atoms with Crippen molar-refractivity contribution in [2.75, 3.05) is 58.7 Å². The van der Waals surface area contributed by atoms with Crippen LogP contribution in [0, 0.1) is 0 Å². The first-order valence-electron chi connectivity index (χ1n) is 8.96. The lowest BCUT2D eigenvalue weighted by Gasteiger charge is -2.36. The molecule has 140 valence electrons. The zero-order valence-electron chi connectivity index (χ0n) is 14.9. The largest absolute Gasteiger partial charge is 0.379 e. The predicted molar refractivity (Wildman–Crippen MR) is 93.3 cm³/mol. The summed E-state index contributed by atoms with van der Waals surface area (Å²) in [5.41, 5.74) is 0. The number of piperidine rings is 1. The van der Waals surface area contributed by atoms with Crippen molar-refractivity contribution in [1.29, 1.82) is 0 Å². The van der Waals surface area contributed by atoms with Gasteiger partial charge >= 0.3 is 0 Å². The molecule has 1 amide bonds. The van der Waals surface area contributed by atoms with Gasteiger partial charge in [-0.05, 0) is 25.7 Å². The van der Waals surface area contributed by atoms with Crippen molar-refractivity contribution >= 4 is 15.9 Å². The van der Waals surface area contributed by atoms with Crippen molar-refractivity contribution in [3.63, 3.8) is 0 Å². The van der Waals surface area contributed by atoms with Crippen LogP contribution in [0.3, 0.4) is 0 Å². The Hall–Kier alpha value is -0.700. The number of morpholine rings is 1. The SMILES string of the molecule is CCC1CCCCN1C(=O)CN(CCN1CCOCC1)S(C)(=O)=O. The summed E-state index contributed by atoms with van der Waals surface area (Å²) >= 11 is 0. The summed E-state index contributed by atoms with van der Waals surface area (Å²) in [7, 11) is -3.40. The Balaban J connectivity index is 1.93. The van der Waals surface area contributed by atoms with E-state index in [0.717, 1.165) is 45.3 Å². The highest BCUT2D eigenvalue weighted by molar-refractivity contribution is 7.88. The molecule has 24 heavy (non-hydrogen) atoms. The van der Waals surface area contributed by atoms with Gasteiger partial charge in [0.2, 0.25) is 15.9 Å². The van der Waals surface area contributed by atoms with Gasteiger partial charge in [-0.3, -0.25) is 9.69 Å². The second-order valence-corrected chi connectivity index (χ2v) is 8.68. The van der Waals surface area contributed by atoms with Gasteiger partial charge in [0.15, 0.2) is 0 Å². The Kier molecular flexibility index (Phi) is 7.46. The van der Waals surface area contributed by atoms with E-state index >= 15 is 0 Å². The first kappa shape index (κ1) is 19.6. The average molecular weight is 362 g/mol. The van der Waals surface area contributed by atoms with E-state index in [0.29, 0.717) is 26.3 Å². The lowest BCUT2D eigenvalue weighted by Crippen LogP contribution is -2.50. The molecule has 2 aliphatic rings. The fourth-order valence-electron chi connectivity index (χ4n) is 3.43. The summed E-state index contributed by atoms with van der Waals surface area (Å²) in [5.74, 6) is -0.0612. The van der Waals surface area contributed by atoms with E-state index in [1.165, 1.54) is 10.6 Å². The summed E-state index contributed by atoms with van der Waals surface area (Å²) in [6.45, 7) is 6.79. The van der Waals surface area contributed by atoms with Crippen LogP contribution in [0.1, 0.15) is 32.6 Å². The quantitative estimate of drug-likeness (QED) is 0.655. The van der Waals surface area contributed by atoms with E-state index in [1.54, 1.807) is 0 Å². The number of carbonyl (C=O) groups excluding carboxylic acids is 1. The first-order valence-corrected chi connectivity index (χ1v) is 10.8. The number of hydrogen-bond donors (Lipinski definition) is 0. The molecule has 2 aliphatic heterocycles. The molecule has 2 fully saturated rings. The molecule has 7 nitrogen and oxygen atoms in total. The minimum Gasteiger partial charge on any atom is -0.379 e. The fraction of sp³-hybridized carbons (Fsp3) is 0.938. The normalized spacial score (nSPS) is 23.6. The number of sulfonamides is 1. The van der Waals surface area contributed by atoms with Gasteiger partial charge in [0.1, 0.15) is 0 Å². The minimum absolute atomic E-state index is 0.0420. The zero-order chi connectivity index (χ0) is 17.6. The molecule has 0 spiro atoms. The maximum atomic E-state index is 12.7. The maximum absolute atomic E-state index is 12.7. The molecular formula is C16H31N3O4S. The smallest absolute Gasteiger partial charge is 0.238 e. The lowest BCUT2D eigenvalue weighted by atomic mass is 10.00. The summed E-state index contributed by atoms with van der Waals surface area (Å²) in [6, 6.07) is 0.256. The van der Waals surface area contributed by atoms with Crippen LogP contribution in [0.15, 0.2) is 0 Å². The van der Waals surface area contributed by atoms with Crippen molar-refractivity contribution in [2.45, 2.75) is 38.6 Å². The van der Waals surface area contributed by atoms with Gasteiger partial charge in [-0.15, -0.1) is 0 Å². The van der Waals surface area contributed by atoms with Crippen molar-refractivity contribution in [3.05, 3.63) is 0 Å². The molecule has 0 saturated carbocycles. The molecule has 0 N–H and O–H groups in total. The average Bonchev–Trinajstić information content (AvgIpc) is 2.58. The number of rotatable bonds is 7. The van der Waals surface area contributed by atoms with Crippen LogP contribution in [0.5, 0.6) is 0 Å². The molecule has 0 bridgehead atoms. The van der Waals surface area contributed by atoms with Crippen LogP contribution in [-0.2, 0) is 19.6 Å². The Morgan fingerprint density at radius 2 is 1.92 bits per heavy atom. The number of hydrogen-bond acceptors (Lipinski definition) is 5. The fourth-order valence-corrected chi connectivity index (χ4v) is 4.19. The second kappa shape index (κ2) is 9.12. The van der Waals surface area contributed by atoms with Crippen LogP contribution >= 0.6 is 0 Å². The predicted octanol–water partition coefficient (Wildman–Crippen LogP) is 0.371. The van der Waals surface area contributed by atoms with Gasteiger partial charge in [-0.25, -0.2) is 8.42 Å².